The number of halogens is 2. The molecule has 3 aromatic carbocycles. The first-order valence-corrected chi connectivity index (χ1v) is 9.85. The highest BCUT2D eigenvalue weighted by molar-refractivity contribution is 6.32. The van der Waals surface area contributed by atoms with E-state index in [-0.39, 0.29) is 5.91 Å². The van der Waals surface area contributed by atoms with Crippen molar-refractivity contribution in [3.8, 4) is 5.75 Å². The van der Waals surface area contributed by atoms with Crippen LogP contribution in [0.3, 0.4) is 0 Å². The molecular formula is C23H17Cl2N3O2. The van der Waals surface area contributed by atoms with Crippen LogP contribution < -0.4 is 15.4 Å². The van der Waals surface area contributed by atoms with Gasteiger partial charge >= 0.3 is 0 Å². The Morgan fingerprint density at radius 3 is 2.47 bits per heavy atom. The number of hydrogen-bond donors (Lipinski definition) is 2. The molecule has 0 spiro atoms. The number of aromatic nitrogens is 1. The zero-order chi connectivity index (χ0) is 21.1. The monoisotopic (exact) mass is 437 g/mol. The van der Waals surface area contributed by atoms with Crippen LogP contribution >= 0.6 is 23.2 Å². The predicted octanol–water partition coefficient (Wildman–Crippen LogP) is 6.55. The van der Waals surface area contributed by atoms with Crippen LogP contribution in [0.1, 0.15) is 10.4 Å². The first-order chi connectivity index (χ1) is 14.5. The summed E-state index contributed by atoms with van der Waals surface area (Å²) in [6.45, 7) is 0. The van der Waals surface area contributed by atoms with Gasteiger partial charge in [-0.2, -0.15) is 0 Å². The van der Waals surface area contributed by atoms with Crippen LogP contribution in [0, 0.1) is 0 Å². The van der Waals surface area contributed by atoms with Crippen molar-refractivity contribution in [2.75, 3.05) is 17.7 Å². The van der Waals surface area contributed by atoms with Crippen LogP contribution in [-0.4, -0.2) is 18.0 Å². The van der Waals surface area contributed by atoms with Crippen molar-refractivity contribution < 1.29 is 9.53 Å². The number of amides is 1. The van der Waals surface area contributed by atoms with E-state index in [1.54, 1.807) is 36.5 Å². The van der Waals surface area contributed by atoms with Gasteiger partial charge in [0.25, 0.3) is 5.91 Å². The van der Waals surface area contributed by atoms with E-state index in [0.29, 0.717) is 27.0 Å². The summed E-state index contributed by atoms with van der Waals surface area (Å²) in [5.74, 6) is 0.273. The number of fused-ring (bicyclic) bond motifs is 1. The van der Waals surface area contributed by atoms with Crippen molar-refractivity contribution in [3.05, 3.63) is 88.5 Å². The average Bonchev–Trinajstić information content (AvgIpc) is 2.75. The maximum Gasteiger partial charge on any atom is 0.255 e. The quantitative estimate of drug-likeness (QED) is 0.371. The molecule has 0 radical (unpaired) electrons. The summed E-state index contributed by atoms with van der Waals surface area (Å²) < 4.78 is 5.18. The minimum Gasteiger partial charge on any atom is -0.495 e. The van der Waals surface area contributed by atoms with Gasteiger partial charge in [0.15, 0.2) is 0 Å². The number of nitrogens with one attached hydrogen (secondary N) is 2. The molecule has 0 unspecified atom stereocenters. The third-order valence-corrected chi connectivity index (χ3v) is 5.09. The maximum absolute atomic E-state index is 12.5. The predicted molar refractivity (Wildman–Crippen MR) is 122 cm³/mol. The Morgan fingerprint density at radius 1 is 0.933 bits per heavy atom. The van der Waals surface area contributed by atoms with E-state index < -0.39 is 0 Å². The van der Waals surface area contributed by atoms with E-state index >= 15 is 0 Å². The van der Waals surface area contributed by atoms with Crippen molar-refractivity contribution >= 4 is 57.1 Å². The summed E-state index contributed by atoms with van der Waals surface area (Å²) >= 11 is 12.1. The number of methoxy groups -OCH3 is 1. The summed E-state index contributed by atoms with van der Waals surface area (Å²) in [6.07, 6.45) is 1.73. The molecule has 0 bridgehead atoms. The second kappa shape index (κ2) is 8.61. The first kappa shape index (κ1) is 20.0. The van der Waals surface area contributed by atoms with Gasteiger partial charge in [-0.1, -0.05) is 23.2 Å². The molecule has 0 atom stereocenters. The highest BCUT2D eigenvalue weighted by Gasteiger charge is 2.09. The number of carbonyl (C=O) groups excluding carboxylic acids is 1. The second-order valence-electron chi connectivity index (χ2n) is 6.53. The SMILES string of the molecule is COc1cc(NC(=O)c2ccc(Nc3ccnc4cc(Cl)ccc34)cc2)ccc1Cl. The first-order valence-electron chi connectivity index (χ1n) is 9.10. The lowest BCUT2D eigenvalue weighted by atomic mass is 10.1. The van der Waals surface area contributed by atoms with Crippen molar-refractivity contribution in [2.45, 2.75) is 0 Å². The van der Waals surface area contributed by atoms with Crippen molar-refractivity contribution in [1.82, 2.24) is 4.98 Å². The third-order valence-electron chi connectivity index (χ3n) is 4.54. The van der Waals surface area contributed by atoms with Crippen LogP contribution in [0.2, 0.25) is 10.0 Å². The van der Waals surface area contributed by atoms with Crippen LogP contribution in [0.25, 0.3) is 10.9 Å². The van der Waals surface area contributed by atoms with Gasteiger partial charge in [0, 0.05) is 45.3 Å². The normalized spacial score (nSPS) is 10.6. The zero-order valence-electron chi connectivity index (χ0n) is 15.9. The van der Waals surface area contributed by atoms with Gasteiger partial charge in [0.05, 0.1) is 17.6 Å². The lowest BCUT2D eigenvalue weighted by molar-refractivity contribution is 0.102. The number of carbonyl (C=O) groups is 1. The van der Waals surface area contributed by atoms with E-state index in [4.69, 9.17) is 27.9 Å². The molecule has 4 rings (SSSR count). The molecule has 4 aromatic rings. The molecule has 0 aliphatic carbocycles. The van der Waals surface area contributed by atoms with Gasteiger partial charge in [-0.25, -0.2) is 0 Å². The van der Waals surface area contributed by atoms with Crippen LogP contribution in [0.5, 0.6) is 5.75 Å². The number of ether oxygens (including phenoxy) is 1. The molecular weight excluding hydrogens is 421 g/mol. The maximum atomic E-state index is 12.5. The van der Waals surface area contributed by atoms with E-state index in [9.17, 15) is 4.79 Å². The van der Waals surface area contributed by atoms with Gasteiger partial charge in [-0.05, 0) is 60.7 Å². The Labute approximate surface area is 183 Å². The molecule has 0 saturated heterocycles. The van der Waals surface area contributed by atoms with Crippen LogP contribution in [0.4, 0.5) is 17.1 Å². The Bertz CT molecular complexity index is 1230. The standard InChI is InChI=1S/C23H17Cl2N3O2/c1-30-22-13-17(7-9-19(22)25)28-23(29)14-2-5-16(6-3-14)27-20-10-11-26-21-12-15(24)4-8-18(20)21/h2-13H,1H3,(H,26,27)(H,28,29). The van der Waals surface area contributed by atoms with E-state index in [0.717, 1.165) is 22.3 Å². The number of nitrogens with zero attached hydrogens (tertiary/aromatic N) is 1. The molecule has 2 N–H and O–H groups in total. The highest BCUT2D eigenvalue weighted by Crippen LogP contribution is 2.29. The summed E-state index contributed by atoms with van der Waals surface area (Å²) in [6, 6.07) is 19.7. The molecule has 0 saturated carbocycles. The topological polar surface area (TPSA) is 63.2 Å². The Balaban J connectivity index is 1.50. The van der Waals surface area contributed by atoms with Crippen molar-refractivity contribution in [2.24, 2.45) is 0 Å². The van der Waals surface area contributed by atoms with E-state index in [1.165, 1.54) is 7.11 Å². The number of anilines is 3. The Morgan fingerprint density at radius 2 is 1.70 bits per heavy atom. The molecule has 7 heteroatoms. The zero-order valence-corrected chi connectivity index (χ0v) is 17.5. The van der Waals surface area contributed by atoms with Gasteiger partial charge in [-0.3, -0.25) is 9.78 Å². The van der Waals surface area contributed by atoms with E-state index in [2.05, 4.69) is 15.6 Å². The van der Waals surface area contributed by atoms with Gasteiger partial charge in [0.2, 0.25) is 0 Å². The molecule has 1 amide bonds. The smallest absolute Gasteiger partial charge is 0.255 e. The number of benzene rings is 3. The fourth-order valence-corrected chi connectivity index (χ4v) is 3.39. The van der Waals surface area contributed by atoms with Gasteiger partial charge in [0.1, 0.15) is 5.75 Å². The van der Waals surface area contributed by atoms with Crippen LogP contribution in [0.15, 0.2) is 72.9 Å². The van der Waals surface area contributed by atoms with Crippen molar-refractivity contribution in [3.63, 3.8) is 0 Å². The minimum absolute atomic E-state index is 0.227. The van der Waals surface area contributed by atoms with Crippen LogP contribution in [-0.2, 0) is 0 Å². The minimum atomic E-state index is -0.227. The second-order valence-corrected chi connectivity index (χ2v) is 7.37. The Hall–Kier alpha value is -3.28. The largest absolute Gasteiger partial charge is 0.495 e. The molecule has 0 aliphatic rings. The average molecular weight is 438 g/mol. The Kier molecular flexibility index (Phi) is 5.74. The molecule has 5 nitrogen and oxygen atoms in total. The number of pyridine rings is 1. The van der Waals surface area contributed by atoms with Gasteiger partial charge < -0.3 is 15.4 Å². The molecule has 0 fully saturated rings. The molecule has 30 heavy (non-hydrogen) atoms. The summed E-state index contributed by atoms with van der Waals surface area (Å²) in [5.41, 5.74) is 3.69. The van der Waals surface area contributed by atoms with E-state index in [1.807, 2.05) is 36.4 Å². The fraction of sp³-hybridized carbons (Fsp3) is 0.0435. The molecule has 150 valence electrons. The summed E-state index contributed by atoms with van der Waals surface area (Å²) in [4.78, 5) is 16.9. The number of hydrogen-bond acceptors (Lipinski definition) is 4. The number of rotatable bonds is 5. The third kappa shape index (κ3) is 4.32. The fourth-order valence-electron chi connectivity index (χ4n) is 3.03. The molecule has 1 aromatic heterocycles. The lowest BCUT2D eigenvalue weighted by Crippen LogP contribution is -2.11. The lowest BCUT2D eigenvalue weighted by Gasteiger charge is -2.11. The summed E-state index contributed by atoms with van der Waals surface area (Å²) in [7, 11) is 1.53. The summed E-state index contributed by atoms with van der Waals surface area (Å²) in [5, 5.41) is 8.28. The van der Waals surface area contributed by atoms with Gasteiger partial charge in [-0.15, -0.1) is 0 Å². The molecule has 1 heterocycles. The highest BCUT2D eigenvalue weighted by atomic mass is 35.5. The van der Waals surface area contributed by atoms with Crippen molar-refractivity contribution in [1.29, 1.82) is 0 Å². The molecule has 0 aliphatic heterocycles.